The lowest BCUT2D eigenvalue weighted by atomic mass is 10.0. The fraction of sp³-hybridized carbons (Fsp3) is 0.846. The van der Waals surface area contributed by atoms with Crippen LogP contribution in [0.4, 0.5) is 0 Å². The molecule has 18 heavy (non-hydrogen) atoms. The number of hydrogen-bond acceptors (Lipinski definition) is 4. The van der Waals surface area contributed by atoms with Gasteiger partial charge in [-0.2, -0.15) is 0 Å². The van der Waals surface area contributed by atoms with Crippen molar-refractivity contribution >= 4 is 11.7 Å². The Morgan fingerprint density at radius 3 is 2.39 bits per heavy atom. The molecule has 0 fully saturated rings. The van der Waals surface area contributed by atoms with Crippen LogP contribution in [0.5, 0.6) is 0 Å². The van der Waals surface area contributed by atoms with Gasteiger partial charge in [0.15, 0.2) is 5.78 Å². The van der Waals surface area contributed by atoms with Crippen LogP contribution < -0.4 is 5.32 Å². The molecule has 0 rings (SSSR count). The number of carbonyl (C=O) groups excluding carboxylic acids is 2. The number of Topliss-reactive ketones (excluding diaryl/α,β-unsaturated/α-hetero) is 1. The van der Waals surface area contributed by atoms with Gasteiger partial charge in [0.2, 0.25) is 5.91 Å². The molecule has 1 amide bonds. The second kappa shape index (κ2) is 9.05. The normalized spacial score (nSPS) is 12.8. The largest absolute Gasteiger partial charge is 0.380 e. The minimum atomic E-state index is -0.391. The van der Waals surface area contributed by atoms with E-state index >= 15 is 0 Å². The number of ketones is 1. The number of rotatable bonds is 9. The van der Waals surface area contributed by atoms with Crippen LogP contribution in [0.1, 0.15) is 27.7 Å². The number of carbonyl (C=O) groups is 2. The van der Waals surface area contributed by atoms with Crippen molar-refractivity contribution in [3.63, 3.8) is 0 Å². The summed E-state index contributed by atoms with van der Waals surface area (Å²) in [6, 6.07) is -0.391. The summed E-state index contributed by atoms with van der Waals surface area (Å²) in [4.78, 5) is 25.0. The van der Waals surface area contributed by atoms with E-state index in [1.807, 2.05) is 32.7 Å². The van der Waals surface area contributed by atoms with Gasteiger partial charge >= 0.3 is 0 Å². The number of hydrogen-bond donors (Lipinski definition) is 1. The van der Waals surface area contributed by atoms with Gasteiger partial charge in [-0.3, -0.25) is 14.5 Å². The predicted molar refractivity (Wildman–Crippen MR) is 71.4 cm³/mol. The van der Waals surface area contributed by atoms with Crippen LogP contribution in [0, 0.1) is 5.92 Å². The van der Waals surface area contributed by atoms with E-state index in [0.717, 1.165) is 0 Å². The van der Waals surface area contributed by atoms with Gasteiger partial charge in [0.25, 0.3) is 0 Å². The van der Waals surface area contributed by atoms with Crippen LogP contribution in [-0.4, -0.2) is 56.0 Å². The average Bonchev–Trinajstić information content (AvgIpc) is 2.25. The Morgan fingerprint density at radius 2 is 1.94 bits per heavy atom. The van der Waals surface area contributed by atoms with E-state index in [0.29, 0.717) is 19.8 Å². The maximum Gasteiger partial charge on any atom is 0.234 e. The Hall–Kier alpha value is -0.940. The first kappa shape index (κ1) is 17.1. The molecule has 5 heteroatoms. The number of ether oxygens (including phenoxy) is 1. The third-order valence-electron chi connectivity index (χ3n) is 2.66. The van der Waals surface area contributed by atoms with E-state index in [-0.39, 0.29) is 24.2 Å². The Balaban J connectivity index is 4.04. The van der Waals surface area contributed by atoms with Gasteiger partial charge < -0.3 is 10.1 Å². The molecule has 1 atom stereocenters. The zero-order chi connectivity index (χ0) is 14.1. The van der Waals surface area contributed by atoms with Crippen molar-refractivity contribution in [3.8, 4) is 0 Å². The van der Waals surface area contributed by atoms with Gasteiger partial charge in [-0.05, 0) is 26.8 Å². The molecule has 0 aliphatic rings. The Labute approximate surface area is 110 Å². The molecule has 106 valence electrons. The molecular weight excluding hydrogens is 232 g/mol. The molecule has 1 N–H and O–H groups in total. The summed E-state index contributed by atoms with van der Waals surface area (Å²) < 4.78 is 5.22. The van der Waals surface area contributed by atoms with Crippen LogP contribution in [0.25, 0.3) is 0 Å². The van der Waals surface area contributed by atoms with Crippen molar-refractivity contribution in [3.05, 3.63) is 0 Å². The molecule has 0 radical (unpaired) electrons. The molecule has 1 unspecified atom stereocenters. The molecule has 0 saturated carbocycles. The van der Waals surface area contributed by atoms with E-state index in [9.17, 15) is 9.59 Å². The number of nitrogens with zero attached hydrogens (tertiary/aromatic N) is 1. The van der Waals surface area contributed by atoms with Gasteiger partial charge in [-0.1, -0.05) is 13.8 Å². The van der Waals surface area contributed by atoms with E-state index in [1.54, 1.807) is 0 Å². The van der Waals surface area contributed by atoms with Gasteiger partial charge in [0.1, 0.15) is 0 Å². The Bertz CT molecular complexity index is 267. The summed E-state index contributed by atoms with van der Waals surface area (Å²) >= 11 is 0. The minimum Gasteiger partial charge on any atom is -0.380 e. The fourth-order valence-electron chi connectivity index (χ4n) is 1.65. The first-order chi connectivity index (χ1) is 8.38. The SMILES string of the molecule is CCOCCN(C)CC(=O)NC(C(C)=O)C(C)C. The molecular formula is C13H26N2O3. The van der Waals surface area contributed by atoms with Crippen LogP contribution >= 0.6 is 0 Å². The first-order valence-electron chi connectivity index (χ1n) is 6.44. The van der Waals surface area contributed by atoms with Gasteiger partial charge in [0.05, 0.1) is 19.2 Å². The molecule has 0 aromatic rings. The predicted octanol–water partition coefficient (Wildman–Crippen LogP) is 0.685. The lowest BCUT2D eigenvalue weighted by Crippen LogP contribution is -2.47. The average molecular weight is 258 g/mol. The quantitative estimate of drug-likeness (QED) is 0.618. The number of amides is 1. The molecule has 0 aromatic heterocycles. The number of nitrogens with one attached hydrogen (secondary N) is 1. The van der Waals surface area contributed by atoms with Crippen LogP contribution in [0.2, 0.25) is 0 Å². The van der Waals surface area contributed by atoms with Crippen molar-refractivity contribution < 1.29 is 14.3 Å². The summed E-state index contributed by atoms with van der Waals surface area (Å²) in [5, 5.41) is 2.77. The zero-order valence-electron chi connectivity index (χ0n) is 12.2. The third kappa shape index (κ3) is 7.40. The van der Waals surface area contributed by atoms with E-state index in [4.69, 9.17) is 4.74 Å². The summed E-state index contributed by atoms with van der Waals surface area (Å²) in [5.74, 6) is -0.0154. The van der Waals surface area contributed by atoms with Crippen molar-refractivity contribution in [1.29, 1.82) is 0 Å². The van der Waals surface area contributed by atoms with Gasteiger partial charge in [-0.25, -0.2) is 0 Å². The maximum atomic E-state index is 11.8. The van der Waals surface area contributed by atoms with Crippen molar-refractivity contribution in [2.45, 2.75) is 33.7 Å². The molecule has 0 bridgehead atoms. The monoisotopic (exact) mass is 258 g/mol. The lowest BCUT2D eigenvalue weighted by molar-refractivity contribution is -0.128. The standard InChI is InChI=1S/C13H26N2O3/c1-6-18-8-7-15(5)9-12(17)14-13(10(2)3)11(4)16/h10,13H,6-9H2,1-5H3,(H,14,17). The molecule has 0 heterocycles. The van der Waals surface area contributed by atoms with Crippen LogP contribution in [0.15, 0.2) is 0 Å². The highest BCUT2D eigenvalue weighted by Crippen LogP contribution is 2.02. The highest BCUT2D eigenvalue weighted by Gasteiger charge is 2.20. The smallest absolute Gasteiger partial charge is 0.234 e. The lowest BCUT2D eigenvalue weighted by Gasteiger charge is -2.22. The maximum absolute atomic E-state index is 11.8. The van der Waals surface area contributed by atoms with E-state index < -0.39 is 6.04 Å². The zero-order valence-corrected chi connectivity index (χ0v) is 12.2. The van der Waals surface area contributed by atoms with Crippen molar-refractivity contribution in [1.82, 2.24) is 10.2 Å². The molecule has 0 aliphatic heterocycles. The summed E-state index contributed by atoms with van der Waals surface area (Å²) in [5.41, 5.74) is 0. The highest BCUT2D eigenvalue weighted by atomic mass is 16.5. The second-order valence-corrected chi connectivity index (χ2v) is 4.83. The third-order valence-corrected chi connectivity index (χ3v) is 2.66. The highest BCUT2D eigenvalue weighted by molar-refractivity contribution is 5.88. The van der Waals surface area contributed by atoms with Crippen molar-refractivity contribution in [2.75, 3.05) is 33.4 Å². The van der Waals surface area contributed by atoms with Crippen molar-refractivity contribution in [2.24, 2.45) is 5.92 Å². The van der Waals surface area contributed by atoms with E-state index in [2.05, 4.69) is 5.32 Å². The Morgan fingerprint density at radius 1 is 1.33 bits per heavy atom. The number of likely N-dealkylation sites (N-methyl/N-ethyl adjacent to an activating group) is 1. The molecule has 5 nitrogen and oxygen atoms in total. The minimum absolute atomic E-state index is 0.00433. The van der Waals surface area contributed by atoms with E-state index in [1.165, 1.54) is 6.92 Å². The summed E-state index contributed by atoms with van der Waals surface area (Å²) in [7, 11) is 1.86. The fourth-order valence-corrected chi connectivity index (χ4v) is 1.65. The van der Waals surface area contributed by atoms with Crippen LogP contribution in [-0.2, 0) is 14.3 Å². The topological polar surface area (TPSA) is 58.6 Å². The second-order valence-electron chi connectivity index (χ2n) is 4.83. The first-order valence-corrected chi connectivity index (χ1v) is 6.44. The Kier molecular flexibility index (Phi) is 8.58. The van der Waals surface area contributed by atoms with Crippen LogP contribution in [0.3, 0.4) is 0 Å². The van der Waals surface area contributed by atoms with Gasteiger partial charge in [0, 0.05) is 13.2 Å². The molecule has 0 aromatic carbocycles. The molecule has 0 spiro atoms. The van der Waals surface area contributed by atoms with Gasteiger partial charge in [-0.15, -0.1) is 0 Å². The summed E-state index contributed by atoms with van der Waals surface area (Å²) in [6.07, 6.45) is 0. The summed E-state index contributed by atoms with van der Waals surface area (Å²) in [6.45, 7) is 9.56. The molecule has 0 saturated heterocycles. The molecule has 0 aliphatic carbocycles.